The molecule has 2 heterocycles. The lowest BCUT2D eigenvalue weighted by atomic mass is 9.79. The summed E-state index contributed by atoms with van der Waals surface area (Å²) in [5.41, 5.74) is 2.39. The van der Waals surface area contributed by atoms with Crippen molar-refractivity contribution in [3.05, 3.63) is 42.2 Å². The smallest absolute Gasteiger partial charge is 0.225 e. The lowest BCUT2D eigenvalue weighted by Crippen LogP contribution is -2.51. The van der Waals surface area contributed by atoms with Gasteiger partial charge in [-0.1, -0.05) is 43.9 Å². The van der Waals surface area contributed by atoms with Gasteiger partial charge in [-0.05, 0) is 50.7 Å². The highest BCUT2D eigenvalue weighted by Crippen LogP contribution is 2.33. The van der Waals surface area contributed by atoms with E-state index in [1.165, 1.54) is 37.7 Å². The van der Waals surface area contributed by atoms with Crippen molar-refractivity contribution in [1.29, 1.82) is 0 Å². The Morgan fingerprint density at radius 2 is 1.73 bits per heavy atom. The molecule has 1 aliphatic heterocycles. The first kappa shape index (κ1) is 21.0. The fraction of sp³-hybridized carbons (Fsp3) is 0.600. The molecule has 30 heavy (non-hydrogen) atoms. The van der Waals surface area contributed by atoms with E-state index in [-0.39, 0.29) is 5.92 Å². The molecule has 162 valence electrons. The third-order valence-electron chi connectivity index (χ3n) is 6.97. The van der Waals surface area contributed by atoms with Crippen LogP contribution >= 0.6 is 0 Å². The van der Waals surface area contributed by atoms with Crippen molar-refractivity contribution in [2.75, 3.05) is 31.1 Å². The fourth-order valence-electron chi connectivity index (χ4n) is 5.01. The third-order valence-corrected chi connectivity index (χ3v) is 6.97. The van der Waals surface area contributed by atoms with Crippen LogP contribution in [0.5, 0.6) is 0 Å². The second-order valence-corrected chi connectivity index (χ2v) is 9.11. The summed E-state index contributed by atoms with van der Waals surface area (Å²) in [6.45, 7) is 7.67. The Morgan fingerprint density at radius 3 is 2.40 bits per heavy atom. The molecule has 5 nitrogen and oxygen atoms in total. The van der Waals surface area contributed by atoms with Crippen molar-refractivity contribution < 1.29 is 4.79 Å². The van der Waals surface area contributed by atoms with Gasteiger partial charge in [0.05, 0.1) is 0 Å². The van der Waals surface area contributed by atoms with Crippen molar-refractivity contribution in [3.8, 4) is 5.69 Å². The predicted octanol–water partition coefficient (Wildman–Crippen LogP) is 4.83. The molecule has 2 aromatic rings. The number of benzene rings is 1. The van der Waals surface area contributed by atoms with Gasteiger partial charge in [-0.3, -0.25) is 9.36 Å². The summed E-state index contributed by atoms with van der Waals surface area (Å²) in [4.78, 5) is 22.1. The summed E-state index contributed by atoms with van der Waals surface area (Å²) in [6, 6.07) is 8.54. The van der Waals surface area contributed by atoms with Crippen molar-refractivity contribution in [2.24, 2.45) is 11.8 Å². The van der Waals surface area contributed by atoms with Crippen LogP contribution < -0.4 is 4.90 Å². The number of piperazine rings is 1. The van der Waals surface area contributed by atoms with Crippen LogP contribution in [0.4, 0.5) is 5.95 Å². The number of aryl methyl sites for hydroxylation is 1. The molecule has 1 aromatic heterocycles. The summed E-state index contributed by atoms with van der Waals surface area (Å²) in [5, 5.41) is 0. The number of carbonyl (C=O) groups excluding carboxylic acids is 1. The highest BCUT2D eigenvalue weighted by atomic mass is 16.2. The van der Waals surface area contributed by atoms with Crippen LogP contribution in [-0.2, 0) is 4.79 Å². The Hall–Kier alpha value is -2.30. The van der Waals surface area contributed by atoms with Crippen LogP contribution in [0.1, 0.15) is 57.4 Å². The average molecular weight is 409 g/mol. The Labute approximate surface area is 181 Å². The maximum Gasteiger partial charge on any atom is 0.225 e. The Kier molecular flexibility index (Phi) is 6.76. The SMILES string of the molecule is CCCCC1CCC(C(=O)N2CCN(c3nccn3-c3ccc(C)cc3)CC2)CC1. The van der Waals surface area contributed by atoms with Gasteiger partial charge in [0.1, 0.15) is 0 Å². The number of hydrogen-bond acceptors (Lipinski definition) is 3. The maximum atomic E-state index is 13.1. The minimum Gasteiger partial charge on any atom is -0.339 e. The van der Waals surface area contributed by atoms with E-state index in [1.54, 1.807) is 0 Å². The van der Waals surface area contributed by atoms with Gasteiger partial charge in [0, 0.05) is 50.2 Å². The van der Waals surface area contributed by atoms with E-state index in [1.807, 2.05) is 12.4 Å². The quantitative estimate of drug-likeness (QED) is 0.688. The lowest BCUT2D eigenvalue weighted by molar-refractivity contribution is -0.137. The second-order valence-electron chi connectivity index (χ2n) is 9.11. The standard InChI is InChI=1S/C25H36N4O/c1-3-4-5-21-8-10-22(11-9-21)24(30)27-16-18-28(19-17-27)25-26-14-15-29(25)23-12-6-20(2)7-13-23/h6-7,12-15,21-22H,3-5,8-11,16-19H2,1-2H3. The zero-order valence-electron chi connectivity index (χ0n) is 18.6. The molecular formula is C25H36N4O. The van der Waals surface area contributed by atoms with E-state index in [0.717, 1.165) is 56.6 Å². The number of imidazole rings is 1. The van der Waals surface area contributed by atoms with E-state index >= 15 is 0 Å². The third kappa shape index (κ3) is 4.71. The molecule has 0 radical (unpaired) electrons. The fourth-order valence-corrected chi connectivity index (χ4v) is 5.01. The first-order valence-corrected chi connectivity index (χ1v) is 11.8. The highest BCUT2D eigenvalue weighted by molar-refractivity contribution is 5.79. The summed E-state index contributed by atoms with van der Waals surface area (Å²) in [6.07, 6.45) is 12.5. The van der Waals surface area contributed by atoms with Crippen molar-refractivity contribution >= 4 is 11.9 Å². The topological polar surface area (TPSA) is 41.4 Å². The van der Waals surface area contributed by atoms with E-state index in [9.17, 15) is 4.79 Å². The first-order chi connectivity index (χ1) is 14.7. The summed E-state index contributed by atoms with van der Waals surface area (Å²) in [5.74, 6) is 2.48. The van der Waals surface area contributed by atoms with E-state index in [0.29, 0.717) is 5.91 Å². The van der Waals surface area contributed by atoms with E-state index in [2.05, 4.69) is 57.5 Å². The minimum absolute atomic E-state index is 0.254. The van der Waals surface area contributed by atoms with Gasteiger partial charge < -0.3 is 9.80 Å². The average Bonchev–Trinajstić information content (AvgIpc) is 3.28. The minimum atomic E-state index is 0.254. The van der Waals surface area contributed by atoms with Crippen LogP contribution in [0.3, 0.4) is 0 Å². The Balaban J connectivity index is 1.31. The number of anilines is 1. The molecule has 1 saturated heterocycles. The van der Waals surface area contributed by atoms with Crippen molar-refractivity contribution in [1.82, 2.24) is 14.5 Å². The molecule has 1 saturated carbocycles. The van der Waals surface area contributed by atoms with Gasteiger partial charge >= 0.3 is 0 Å². The van der Waals surface area contributed by atoms with Crippen LogP contribution in [0.2, 0.25) is 0 Å². The number of aromatic nitrogens is 2. The number of carbonyl (C=O) groups is 1. The first-order valence-electron chi connectivity index (χ1n) is 11.8. The Bertz CT molecular complexity index is 812. The number of unbranched alkanes of at least 4 members (excludes halogenated alkanes) is 1. The van der Waals surface area contributed by atoms with Crippen molar-refractivity contribution in [3.63, 3.8) is 0 Å². The molecule has 0 spiro atoms. The number of nitrogens with zero attached hydrogens (tertiary/aromatic N) is 4. The molecular weight excluding hydrogens is 372 g/mol. The van der Waals surface area contributed by atoms with Gasteiger partial charge in [-0.25, -0.2) is 4.98 Å². The number of hydrogen-bond donors (Lipinski definition) is 0. The number of amides is 1. The summed E-state index contributed by atoms with van der Waals surface area (Å²) in [7, 11) is 0. The molecule has 2 aliphatic rings. The van der Waals surface area contributed by atoms with Crippen molar-refractivity contribution in [2.45, 2.75) is 58.8 Å². The van der Waals surface area contributed by atoms with Crippen LogP contribution in [0.15, 0.2) is 36.7 Å². The monoisotopic (exact) mass is 408 g/mol. The molecule has 1 aromatic carbocycles. The second kappa shape index (κ2) is 9.67. The molecule has 0 bridgehead atoms. The van der Waals surface area contributed by atoms with Gasteiger partial charge in [0.25, 0.3) is 0 Å². The largest absolute Gasteiger partial charge is 0.339 e. The summed E-state index contributed by atoms with van der Waals surface area (Å²) < 4.78 is 2.15. The normalized spacial score (nSPS) is 22.3. The molecule has 5 heteroatoms. The van der Waals surface area contributed by atoms with Crippen LogP contribution in [0, 0.1) is 18.8 Å². The molecule has 0 unspecified atom stereocenters. The summed E-state index contributed by atoms with van der Waals surface area (Å²) >= 11 is 0. The van der Waals surface area contributed by atoms with Gasteiger partial charge in [-0.15, -0.1) is 0 Å². The molecule has 2 fully saturated rings. The predicted molar refractivity (Wildman–Crippen MR) is 122 cm³/mol. The van der Waals surface area contributed by atoms with E-state index < -0.39 is 0 Å². The molecule has 4 rings (SSSR count). The zero-order chi connectivity index (χ0) is 20.9. The van der Waals surface area contributed by atoms with Gasteiger partial charge in [-0.2, -0.15) is 0 Å². The number of rotatable bonds is 6. The zero-order valence-corrected chi connectivity index (χ0v) is 18.6. The highest BCUT2D eigenvalue weighted by Gasteiger charge is 2.31. The molecule has 0 atom stereocenters. The molecule has 0 N–H and O–H groups in total. The molecule has 1 amide bonds. The van der Waals surface area contributed by atoms with Crippen LogP contribution in [0.25, 0.3) is 5.69 Å². The van der Waals surface area contributed by atoms with Gasteiger partial charge in [0.15, 0.2) is 0 Å². The molecule has 1 aliphatic carbocycles. The Morgan fingerprint density at radius 1 is 1.03 bits per heavy atom. The maximum absolute atomic E-state index is 13.1. The lowest BCUT2D eigenvalue weighted by Gasteiger charge is -2.38. The van der Waals surface area contributed by atoms with Crippen LogP contribution in [-0.4, -0.2) is 46.5 Å². The van der Waals surface area contributed by atoms with Gasteiger partial charge in [0.2, 0.25) is 11.9 Å². The van der Waals surface area contributed by atoms with E-state index in [4.69, 9.17) is 0 Å².